The van der Waals surface area contributed by atoms with Crippen LogP contribution in [0.3, 0.4) is 0 Å². The fraction of sp³-hybridized carbons (Fsp3) is 0.429. The molecule has 1 atom stereocenters. The van der Waals surface area contributed by atoms with Gasteiger partial charge in [-0.3, -0.25) is 0 Å². The van der Waals surface area contributed by atoms with Crippen LogP contribution in [-0.2, 0) is 30.3 Å². The van der Waals surface area contributed by atoms with Gasteiger partial charge < -0.3 is 24.3 Å². The van der Waals surface area contributed by atoms with Crippen molar-refractivity contribution >= 4 is 12.1 Å². The minimum Gasteiger partial charge on any atom is -0.467 e. The van der Waals surface area contributed by atoms with Crippen molar-refractivity contribution in [2.45, 2.75) is 18.9 Å². The Morgan fingerprint density at radius 2 is 1.71 bits per heavy atom. The van der Waals surface area contributed by atoms with Crippen LogP contribution in [0.4, 0.5) is 4.79 Å². The number of rotatable bonds is 7. The summed E-state index contributed by atoms with van der Waals surface area (Å²) in [6, 6.07) is 8.04. The number of hydrogen-bond acceptors (Lipinski definition) is 6. The predicted molar refractivity (Wildman–Crippen MR) is 73.4 cm³/mol. The summed E-state index contributed by atoms with van der Waals surface area (Å²) < 4.78 is 19.5. The van der Waals surface area contributed by atoms with Crippen molar-refractivity contribution in [3.05, 3.63) is 35.9 Å². The molecular formula is C14H19NO6. The van der Waals surface area contributed by atoms with E-state index in [1.807, 2.05) is 30.3 Å². The van der Waals surface area contributed by atoms with E-state index in [0.29, 0.717) is 0 Å². The Kier molecular flexibility index (Phi) is 7.20. The number of ether oxygens (including phenoxy) is 4. The third-order valence-corrected chi connectivity index (χ3v) is 2.68. The molecule has 0 saturated heterocycles. The van der Waals surface area contributed by atoms with Gasteiger partial charge in [-0.2, -0.15) is 0 Å². The molecule has 0 radical (unpaired) electrons. The summed E-state index contributed by atoms with van der Waals surface area (Å²) in [6.45, 7) is 0.0885. The Bertz CT molecular complexity index is 446. The second-order valence-corrected chi connectivity index (χ2v) is 4.05. The van der Waals surface area contributed by atoms with Crippen molar-refractivity contribution in [3.8, 4) is 0 Å². The number of carbonyl (C=O) groups is 2. The van der Waals surface area contributed by atoms with Crippen LogP contribution in [0.15, 0.2) is 30.3 Å². The van der Waals surface area contributed by atoms with Gasteiger partial charge in [-0.05, 0) is 5.56 Å². The first-order valence-electron chi connectivity index (χ1n) is 6.23. The van der Waals surface area contributed by atoms with Gasteiger partial charge in [0.25, 0.3) is 0 Å². The number of alkyl carbamates (subject to hydrolysis) is 1. The molecule has 0 aliphatic carbocycles. The van der Waals surface area contributed by atoms with Crippen LogP contribution in [-0.4, -0.2) is 45.7 Å². The van der Waals surface area contributed by atoms with Gasteiger partial charge in [0.05, 0.1) is 7.11 Å². The van der Waals surface area contributed by atoms with E-state index in [0.717, 1.165) is 5.56 Å². The molecule has 0 aliphatic heterocycles. The van der Waals surface area contributed by atoms with Gasteiger partial charge in [0.15, 0.2) is 12.3 Å². The maximum atomic E-state index is 11.7. The number of benzene rings is 1. The van der Waals surface area contributed by atoms with E-state index >= 15 is 0 Å². The molecule has 1 rings (SSSR count). The van der Waals surface area contributed by atoms with E-state index in [4.69, 9.17) is 14.2 Å². The number of methoxy groups -OCH3 is 3. The first-order chi connectivity index (χ1) is 10.1. The monoisotopic (exact) mass is 297 g/mol. The molecule has 0 saturated carbocycles. The van der Waals surface area contributed by atoms with E-state index in [2.05, 4.69) is 10.1 Å². The van der Waals surface area contributed by atoms with E-state index in [-0.39, 0.29) is 6.61 Å². The van der Waals surface area contributed by atoms with Crippen LogP contribution in [0.25, 0.3) is 0 Å². The van der Waals surface area contributed by atoms with Gasteiger partial charge >= 0.3 is 12.1 Å². The van der Waals surface area contributed by atoms with E-state index in [1.165, 1.54) is 21.3 Å². The summed E-state index contributed by atoms with van der Waals surface area (Å²) in [4.78, 5) is 23.4. The molecule has 116 valence electrons. The van der Waals surface area contributed by atoms with Crippen LogP contribution < -0.4 is 5.32 Å². The van der Waals surface area contributed by atoms with Crippen molar-refractivity contribution in [1.29, 1.82) is 0 Å². The SMILES string of the molecule is COC(=O)C(NC(=O)OCc1ccccc1)C(OC)OC. The smallest absolute Gasteiger partial charge is 0.408 e. The summed E-state index contributed by atoms with van der Waals surface area (Å²) >= 11 is 0. The third-order valence-electron chi connectivity index (χ3n) is 2.68. The standard InChI is InChI=1S/C14H19NO6/c1-18-12(16)11(13(19-2)20-3)15-14(17)21-9-10-7-5-4-6-8-10/h4-8,11,13H,9H2,1-3H3,(H,15,17). The average Bonchev–Trinajstić information content (AvgIpc) is 2.53. The lowest BCUT2D eigenvalue weighted by atomic mass is 10.2. The molecular weight excluding hydrogens is 278 g/mol. The number of amides is 1. The highest BCUT2D eigenvalue weighted by molar-refractivity contribution is 5.81. The minimum atomic E-state index is -1.12. The summed E-state index contributed by atoms with van der Waals surface area (Å²) in [7, 11) is 3.90. The van der Waals surface area contributed by atoms with Crippen LogP contribution in [0, 0.1) is 0 Å². The average molecular weight is 297 g/mol. The maximum Gasteiger partial charge on any atom is 0.408 e. The summed E-state index contributed by atoms with van der Waals surface area (Å²) in [6.07, 6.45) is -1.74. The van der Waals surface area contributed by atoms with E-state index in [9.17, 15) is 9.59 Å². The fourth-order valence-corrected chi connectivity index (χ4v) is 1.63. The van der Waals surface area contributed by atoms with Crippen molar-refractivity contribution in [2.75, 3.05) is 21.3 Å². The van der Waals surface area contributed by atoms with Gasteiger partial charge in [0.1, 0.15) is 6.61 Å². The lowest BCUT2D eigenvalue weighted by Gasteiger charge is -2.23. The Balaban J connectivity index is 2.57. The van der Waals surface area contributed by atoms with Crippen LogP contribution >= 0.6 is 0 Å². The topological polar surface area (TPSA) is 83.1 Å². The molecule has 1 aromatic rings. The fourth-order valence-electron chi connectivity index (χ4n) is 1.63. The zero-order valence-electron chi connectivity index (χ0n) is 12.2. The minimum absolute atomic E-state index is 0.0885. The molecule has 0 fully saturated rings. The van der Waals surface area contributed by atoms with Crippen molar-refractivity contribution in [3.63, 3.8) is 0 Å². The normalized spacial score (nSPS) is 11.8. The predicted octanol–water partition coefficient (Wildman–Crippen LogP) is 1.07. The molecule has 0 spiro atoms. The molecule has 1 aromatic carbocycles. The van der Waals surface area contributed by atoms with Crippen molar-refractivity contribution in [1.82, 2.24) is 5.32 Å². The number of carbonyl (C=O) groups excluding carboxylic acids is 2. The largest absolute Gasteiger partial charge is 0.467 e. The van der Waals surface area contributed by atoms with Gasteiger partial charge in [0.2, 0.25) is 0 Å². The summed E-state index contributed by atoms with van der Waals surface area (Å²) in [5.74, 6) is -0.694. The summed E-state index contributed by atoms with van der Waals surface area (Å²) in [5, 5.41) is 2.35. The van der Waals surface area contributed by atoms with Gasteiger partial charge in [-0.15, -0.1) is 0 Å². The van der Waals surface area contributed by atoms with Gasteiger partial charge in [0, 0.05) is 14.2 Å². The third kappa shape index (κ3) is 5.41. The molecule has 1 N–H and O–H groups in total. The highest BCUT2D eigenvalue weighted by Crippen LogP contribution is 2.04. The van der Waals surface area contributed by atoms with Crippen molar-refractivity contribution < 1.29 is 28.5 Å². The van der Waals surface area contributed by atoms with Crippen molar-refractivity contribution in [2.24, 2.45) is 0 Å². The lowest BCUT2D eigenvalue weighted by molar-refractivity contribution is -0.164. The van der Waals surface area contributed by atoms with E-state index in [1.54, 1.807) is 0 Å². The molecule has 7 nitrogen and oxygen atoms in total. The highest BCUT2D eigenvalue weighted by Gasteiger charge is 2.31. The van der Waals surface area contributed by atoms with Crippen LogP contribution in [0.2, 0.25) is 0 Å². The lowest BCUT2D eigenvalue weighted by Crippen LogP contribution is -2.50. The van der Waals surface area contributed by atoms with E-state index < -0.39 is 24.4 Å². The van der Waals surface area contributed by atoms with Gasteiger partial charge in [-0.25, -0.2) is 9.59 Å². The van der Waals surface area contributed by atoms with Crippen LogP contribution in [0.1, 0.15) is 5.56 Å². The maximum absolute atomic E-state index is 11.7. The Hall–Kier alpha value is -2.12. The Labute approximate surface area is 123 Å². The first kappa shape index (κ1) is 16.9. The quantitative estimate of drug-likeness (QED) is 0.599. The summed E-state index contributed by atoms with van der Waals surface area (Å²) in [5.41, 5.74) is 0.831. The molecule has 0 heterocycles. The Morgan fingerprint density at radius 1 is 1.10 bits per heavy atom. The Morgan fingerprint density at radius 3 is 2.24 bits per heavy atom. The number of esters is 1. The van der Waals surface area contributed by atoms with Gasteiger partial charge in [-0.1, -0.05) is 30.3 Å². The molecule has 0 bridgehead atoms. The van der Waals surface area contributed by atoms with Crippen LogP contribution in [0.5, 0.6) is 0 Å². The second kappa shape index (κ2) is 8.93. The molecule has 21 heavy (non-hydrogen) atoms. The number of nitrogens with one attached hydrogen (secondary N) is 1. The molecule has 1 unspecified atom stereocenters. The first-order valence-corrected chi connectivity index (χ1v) is 6.23. The molecule has 0 aromatic heterocycles. The zero-order chi connectivity index (χ0) is 15.7. The zero-order valence-corrected chi connectivity index (χ0v) is 12.2. The number of hydrogen-bond donors (Lipinski definition) is 1. The molecule has 1 amide bonds. The highest BCUT2D eigenvalue weighted by atomic mass is 16.7. The molecule has 7 heteroatoms. The molecule has 0 aliphatic rings. The second-order valence-electron chi connectivity index (χ2n) is 4.05.